The van der Waals surface area contributed by atoms with Gasteiger partial charge >= 0.3 is 0 Å². The zero-order valence-corrected chi connectivity index (χ0v) is 13.0. The monoisotopic (exact) mass is 308 g/mol. The van der Waals surface area contributed by atoms with Gasteiger partial charge in [0.15, 0.2) is 0 Å². The molecule has 0 spiro atoms. The maximum Gasteiger partial charge on any atom is 0.278 e. The minimum absolute atomic E-state index is 0.0693. The van der Waals surface area contributed by atoms with E-state index >= 15 is 0 Å². The highest BCUT2D eigenvalue weighted by Crippen LogP contribution is 2.26. The Morgan fingerprint density at radius 2 is 2.14 bits per heavy atom. The molecule has 0 N–H and O–H groups in total. The maximum atomic E-state index is 11.1. The lowest BCUT2D eigenvalue weighted by molar-refractivity contribution is -0.386. The van der Waals surface area contributed by atoms with Gasteiger partial charge in [0.2, 0.25) is 0 Å². The van der Waals surface area contributed by atoms with Gasteiger partial charge < -0.3 is 0 Å². The second-order valence-corrected chi connectivity index (χ2v) is 5.49. The van der Waals surface area contributed by atoms with Crippen LogP contribution in [0.25, 0.3) is 0 Å². The third-order valence-corrected chi connectivity index (χ3v) is 4.00. The van der Waals surface area contributed by atoms with Gasteiger partial charge in [-0.15, -0.1) is 11.6 Å². The molecule has 0 aromatic carbocycles. The highest BCUT2D eigenvalue weighted by atomic mass is 35.5. The smallest absolute Gasteiger partial charge is 0.266 e. The Kier molecular flexibility index (Phi) is 4.57. The summed E-state index contributed by atoms with van der Waals surface area (Å²) < 4.78 is 1.70. The molecule has 1 atom stereocenters. The molecule has 7 heteroatoms. The number of pyridine rings is 1. The fraction of sp³-hybridized carbons (Fsp3) is 0.429. The Bertz CT molecular complexity index is 669. The van der Waals surface area contributed by atoms with Crippen LogP contribution in [0.1, 0.15) is 41.1 Å². The zero-order valence-electron chi connectivity index (χ0n) is 12.2. The van der Waals surface area contributed by atoms with Crippen LogP contribution in [0.4, 0.5) is 5.69 Å². The minimum Gasteiger partial charge on any atom is -0.266 e. The highest BCUT2D eigenvalue weighted by Gasteiger charge is 2.19. The van der Waals surface area contributed by atoms with E-state index in [0.29, 0.717) is 23.4 Å². The van der Waals surface area contributed by atoms with Crippen LogP contribution in [0.2, 0.25) is 0 Å². The van der Waals surface area contributed by atoms with E-state index in [2.05, 4.69) is 10.1 Å². The van der Waals surface area contributed by atoms with Crippen LogP contribution < -0.4 is 0 Å². The second-order valence-electron chi connectivity index (χ2n) is 4.97. The number of hydrogen-bond acceptors (Lipinski definition) is 4. The fourth-order valence-electron chi connectivity index (χ4n) is 2.22. The van der Waals surface area contributed by atoms with Gasteiger partial charge in [-0.05, 0) is 20.3 Å². The zero-order chi connectivity index (χ0) is 15.6. The van der Waals surface area contributed by atoms with Gasteiger partial charge in [-0.3, -0.25) is 19.8 Å². The van der Waals surface area contributed by atoms with E-state index in [0.717, 1.165) is 12.0 Å². The standard InChI is InChI=1S/C14H17ClN4O2/c1-4-12(15)11-6-17-18(7-11)8-13-10(3)14(19(20)21)9(2)5-16-13/h5-7,12H,4,8H2,1-3H3. The first-order valence-electron chi connectivity index (χ1n) is 6.70. The number of rotatable bonds is 5. The molecular weight excluding hydrogens is 292 g/mol. The van der Waals surface area contributed by atoms with Crippen LogP contribution in [0.5, 0.6) is 0 Å². The van der Waals surface area contributed by atoms with E-state index < -0.39 is 0 Å². The molecule has 21 heavy (non-hydrogen) atoms. The topological polar surface area (TPSA) is 73.8 Å². The average Bonchev–Trinajstić information content (AvgIpc) is 2.89. The first-order valence-corrected chi connectivity index (χ1v) is 7.13. The number of nitrogens with zero attached hydrogens (tertiary/aromatic N) is 4. The van der Waals surface area contributed by atoms with Crippen molar-refractivity contribution in [1.82, 2.24) is 14.8 Å². The van der Waals surface area contributed by atoms with Crippen molar-refractivity contribution in [3.8, 4) is 0 Å². The number of nitro groups is 1. The predicted molar refractivity (Wildman–Crippen MR) is 80.6 cm³/mol. The summed E-state index contributed by atoms with van der Waals surface area (Å²) in [6.07, 6.45) is 5.93. The Balaban J connectivity index is 2.30. The third-order valence-electron chi connectivity index (χ3n) is 3.44. The molecule has 0 fully saturated rings. The lowest BCUT2D eigenvalue weighted by Gasteiger charge is -2.07. The molecule has 112 valence electrons. The van der Waals surface area contributed by atoms with Crippen LogP contribution in [0.15, 0.2) is 18.6 Å². The third kappa shape index (κ3) is 3.21. The number of halogens is 1. The Hall–Kier alpha value is -1.95. The van der Waals surface area contributed by atoms with E-state index in [1.807, 2.05) is 13.1 Å². The first kappa shape index (κ1) is 15.4. The molecule has 2 heterocycles. The molecule has 0 aliphatic heterocycles. The van der Waals surface area contributed by atoms with Crippen molar-refractivity contribution in [3.05, 3.63) is 51.1 Å². The lowest BCUT2D eigenvalue weighted by Crippen LogP contribution is -2.07. The quantitative estimate of drug-likeness (QED) is 0.481. The van der Waals surface area contributed by atoms with E-state index in [4.69, 9.17) is 11.6 Å². The largest absolute Gasteiger partial charge is 0.278 e. The van der Waals surface area contributed by atoms with Crippen molar-refractivity contribution >= 4 is 17.3 Å². The van der Waals surface area contributed by atoms with Crippen LogP contribution >= 0.6 is 11.6 Å². The van der Waals surface area contributed by atoms with Crippen molar-refractivity contribution < 1.29 is 4.92 Å². The summed E-state index contributed by atoms with van der Waals surface area (Å²) in [5.41, 5.74) is 2.85. The van der Waals surface area contributed by atoms with E-state index in [9.17, 15) is 10.1 Å². The van der Waals surface area contributed by atoms with E-state index in [1.165, 1.54) is 6.20 Å². The van der Waals surface area contributed by atoms with Crippen LogP contribution in [0.3, 0.4) is 0 Å². The number of aryl methyl sites for hydroxylation is 1. The fourth-order valence-corrected chi connectivity index (χ4v) is 2.34. The number of alkyl halides is 1. The molecule has 0 saturated heterocycles. The van der Waals surface area contributed by atoms with Crippen molar-refractivity contribution in [2.75, 3.05) is 0 Å². The normalized spacial score (nSPS) is 12.4. The summed E-state index contributed by atoms with van der Waals surface area (Å²) in [6, 6.07) is 0. The molecular formula is C14H17ClN4O2. The summed E-state index contributed by atoms with van der Waals surface area (Å²) in [7, 11) is 0. The lowest BCUT2D eigenvalue weighted by atomic mass is 10.1. The Morgan fingerprint density at radius 1 is 1.43 bits per heavy atom. The summed E-state index contributed by atoms with van der Waals surface area (Å²) in [6.45, 7) is 5.80. The first-order chi connectivity index (χ1) is 9.93. The maximum absolute atomic E-state index is 11.1. The summed E-state index contributed by atoms with van der Waals surface area (Å²) in [5.74, 6) is 0. The van der Waals surface area contributed by atoms with E-state index in [-0.39, 0.29) is 16.0 Å². The van der Waals surface area contributed by atoms with Crippen LogP contribution in [-0.2, 0) is 6.54 Å². The number of aromatic nitrogens is 3. The molecule has 0 amide bonds. The molecule has 0 saturated carbocycles. The SMILES string of the molecule is CCC(Cl)c1cnn(Cc2ncc(C)c([N+](=O)[O-])c2C)c1. The van der Waals surface area contributed by atoms with Crippen LogP contribution in [-0.4, -0.2) is 19.7 Å². The Labute approximate surface area is 127 Å². The van der Waals surface area contributed by atoms with Gasteiger partial charge in [0, 0.05) is 23.5 Å². The molecule has 1 unspecified atom stereocenters. The number of hydrogen-bond donors (Lipinski definition) is 0. The van der Waals surface area contributed by atoms with Gasteiger partial charge in [-0.2, -0.15) is 5.10 Å². The molecule has 0 bridgehead atoms. The predicted octanol–water partition coefficient (Wildman–Crippen LogP) is 3.54. The van der Waals surface area contributed by atoms with Gasteiger partial charge in [-0.25, -0.2) is 0 Å². The Morgan fingerprint density at radius 3 is 2.76 bits per heavy atom. The van der Waals surface area contributed by atoms with E-state index in [1.54, 1.807) is 24.7 Å². The molecule has 2 aromatic heterocycles. The molecule has 6 nitrogen and oxygen atoms in total. The second kappa shape index (κ2) is 6.22. The minimum atomic E-state index is -0.365. The summed E-state index contributed by atoms with van der Waals surface area (Å²) in [5, 5.41) is 15.3. The van der Waals surface area contributed by atoms with Crippen molar-refractivity contribution in [2.45, 2.75) is 39.1 Å². The van der Waals surface area contributed by atoms with Crippen LogP contribution in [0, 0.1) is 24.0 Å². The molecule has 2 aromatic rings. The highest BCUT2D eigenvalue weighted by molar-refractivity contribution is 6.20. The van der Waals surface area contributed by atoms with Crippen molar-refractivity contribution in [1.29, 1.82) is 0 Å². The van der Waals surface area contributed by atoms with Gasteiger partial charge in [0.1, 0.15) is 0 Å². The molecule has 0 aliphatic rings. The molecule has 2 rings (SSSR count). The van der Waals surface area contributed by atoms with Gasteiger partial charge in [-0.1, -0.05) is 6.92 Å². The van der Waals surface area contributed by atoms with Crippen molar-refractivity contribution in [2.24, 2.45) is 0 Å². The average molecular weight is 309 g/mol. The van der Waals surface area contributed by atoms with Gasteiger partial charge in [0.05, 0.1) is 34.3 Å². The molecule has 0 radical (unpaired) electrons. The molecule has 0 aliphatic carbocycles. The van der Waals surface area contributed by atoms with Crippen molar-refractivity contribution in [3.63, 3.8) is 0 Å². The summed E-state index contributed by atoms with van der Waals surface area (Å²) in [4.78, 5) is 15.0. The summed E-state index contributed by atoms with van der Waals surface area (Å²) >= 11 is 6.17. The van der Waals surface area contributed by atoms with Gasteiger partial charge in [0.25, 0.3) is 5.69 Å².